The van der Waals surface area contributed by atoms with Crippen LogP contribution in [-0.4, -0.2) is 46.7 Å². The van der Waals surface area contributed by atoms with Gasteiger partial charge >= 0.3 is 8.05 Å². The quantitative estimate of drug-likeness (QED) is 0.337. The number of hydrogen-bond donors (Lipinski definition) is 0. The first-order valence-corrected chi connectivity index (χ1v) is 3.11. The van der Waals surface area contributed by atoms with Gasteiger partial charge in [-0.2, -0.15) is 0 Å². The van der Waals surface area contributed by atoms with Crippen LogP contribution in [0.15, 0.2) is 0 Å². The van der Waals surface area contributed by atoms with Gasteiger partial charge in [-0.25, -0.2) is 0 Å². The van der Waals surface area contributed by atoms with Crippen LogP contribution in [0.25, 0.3) is 0 Å². The largest absolute Gasteiger partial charge is 0.544 e. The van der Waals surface area contributed by atoms with E-state index in [1.807, 2.05) is 0 Å². The Morgan fingerprint density at radius 2 is 1.40 bits per heavy atom. The van der Waals surface area contributed by atoms with E-state index in [0.717, 1.165) is 4.48 Å². The Labute approximate surface area is 64.0 Å². The molecule has 0 atom stereocenters. The number of hydrogen-bond acceptors (Lipinski definition) is 2. The average Bonchev–Trinajstić information content (AvgIpc) is 1.61. The number of rotatable bonds is 0. The van der Waals surface area contributed by atoms with E-state index >= 15 is 0 Å². The van der Waals surface area contributed by atoms with Crippen molar-refractivity contribution < 1.29 is 13.9 Å². The first kappa shape index (κ1) is 12.2. The number of quaternary nitrogens is 1. The Hall–Kier alpha value is -0.505. The summed E-state index contributed by atoms with van der Waals surface area (Å²) in [6, 6.07) is 0. The van der Waals surface area contributed by atoms with Crippen molar-refractivity contribution in [3.8, 4) is 0 Å². The third kappa shape index (κ3) is 141. The molecule has 0 aromatic heterocycles. The molecule has 0 aromatic carbocycles. The van der Waals surface area contributed by atoms with Gasteiger partial charge in [0.1, 0.15) is 0 Å². The lowest BCUT2D eigenvalue weighted by Crippen LogP contribution is -2.27. The maximum absolute atomic E-state index is 9.59. The Morgan fingerprint density at radius 1 is 1.30 bits per heavy atom. The molecule has 0 aliphatic heterocycles. The molecule has 0 rings (SSSR count). The molecule has 0 amide bonds. The summed E-state index contributed by atoms with van der Waals surface area (Å²) in [6.07, 6.45) is 0. The van der Waals surface area contributed by atoms with E-state index in [4.69, 9.17) is 0 Å². The summed E-state index contributed by atoms with van der Waals surface area (Å²) in [7, 11) is 9.85. The lowest BCUT2D eigenvalue weighted by atomic mass is 10.6. The molecule has 0 bridgehead atoms. The number of nitrogens with zero attached hydrogens (tertiary/aromatic N) is 1. The molecule has 0 aliphatic carbocycles. The molecule has 60 valence electrons. The monoisotopic (exact) mass is 146 g/mol. The van der Waals surface area contributed by atoms with Crippen molar-refractivity contribution in [2.24, 2.45) is 0 Å². The second-order valence-corrected chi connectivity index (χ2v) is 3.38. The van der Waals surface area contributed by atoms with Gasteiger partial charge in [0.05, 0.1) is 28.2 Å². The predicted molar refractivity (Wildman–Crippen MR) is 44.3 cm³/mol. The van der Waals surface area contributed by atoms with Gasteiger partial charge < -0.3 is 9.14 Å². The molecule has 0 N–H and O–H groups in total. The highest BCUT2D eigenvalue weighted by molar-refractivity contribution is 6.04. The Bertz CT molecular complexity index is 92.4. The fourth-order valence-electron chi connectivity index (χ4n) is 0. The molecular weight excluding hydrogens is 129 g/mol. The van der Waals surface area contributed by atoms with Gasteiger partial charge in [-0.15, -0.1) is 0 Å². The van der Waals surface area contributed by atoms with E-state index < -0.39 is 0 Å². The highest BCUT2D eigenvalue weighted by atomic mass is 16.5. The fourth-order valence-corrected chi connectivity index (χ4v) is 0. The van der Waals surface area contributed by atoms with E-state index in [0.29, 0.717) is 0 Å². The van der Waals surface area contributed by atoms with Gasteiger partial charge in [-0.1, -0.05) is 0 Å². The molecule has 0 aromatic rings. The zero-order chi connectivity index (χ0) is 8.78. The van der Waals surface area contributed by atoms with Gasteiger partial charge in [-0.05, 0) is 0 Å². The zero-order valence-electron chi connectivity index (χ0n) is 7.76. The molecule has 0 saturated heterocycles. The Kier molecular flexibility index (Phi) is 6.46. The minimum Gasteiger partial charge on any atom is -0.544 e. The van der Waals surface area contributed by atoms with Crippen molar-refractivity contribution in [2.45, 2.75) is 6.92 Å². The molecule has 4 heteroatoms. The van der Waals surface area contributed by atoms with Crippen LogP contribution in [-0.2, 0) is 9.45 Å². The van der Waals surface area contributed by atoms with Crippen LogP contribution < -0.4 is 0 Å². The molecule has 0 fully saturated rings. The maximum atomic E-state index is 9.59. The summed E-state index contributed by atoms with van der Waals surface area (Å²) >= 11 is 0. The average molecular weight is 146 g/mol. The van der Waals surface area contributed by atoms with Crippen LogP contribution in [0.2, 0.25) is 0 Å². The third-order valence-electron chi connectivity index (χ3n) is 0.287. The third-order valence-corrected chi connectivity index (χ3v) is 0.287. The molecule has 0 radical (unpaired) electrons. The van der Waals surface area contributed by atoms with Crippen molar-refractivity contribution in [1.29, 1.82) is 0 Å². The summed E-state index contributed by atoms with van der Waals surface area (Å²) in [6.45, 7) is 1.36. The summed E-state index contributed by atoms with van der Waals surface area (Å²) in [4.78, 5) is 9.59. The number of carbonyl (C=O) groups excluding carboxylic acids is 1. The Morgan fingerprint density at radius 3 is 1.40 bits per heavy atom. The molecule has 10 heavy (non-hydrogen) atoms. The smallest absolute Gasteiger partial charge is 0.325 e. The molecule has 0 aliphatic rings. The van der Waals surface area contributed by atoms with E-state index in [1.54, 1.807) is 0 Å². The van der Waals surface area contributed by atoms with Crippen molar-refractivity contribution in [3.63, 3.8) is 0 Å². The van der Waals surface area contributed by atoms with Crippen LogP contribution in [0.5, 0.6) is 0 Å². The van der Waals surface area contributed by atoms with Crippen LogP contribution in [0.3, 0.4) is 0 Å². The molecule has 3 nitrogen and oxygen atoms in total. The van der Waals surface area contributed by atoms with Crippen molar-refractivity contribution in [3.05, 3.63) is 0 Å². The zero-order valence-corrected chi connectivity index (χ0v) is 7.76. The van der Waals surface area contributed by atoms with Gasteiger partial charge in [0.2, 0.25) is 0 Å². The van der Waals surface area contributed by atoms with E-state index in [2.05, 4.69) is 32.8 Å². The SMILES string of the molecule is BOC(C)=O.C[N+](C)(C)C. The van der Waals surface area contributed by atoms with E-state index in [-0.39, 0.29) is 5.97 Å². The van der Waals surface area contributed by atoms with Crippen molar-refractivity contribution >= 4 is 14.0 Å². The summed E-state index contributed by atoms with van der Waals surface area (Å²) in [5, 5.41) is 0. The van der Waals surface area contributed by atoms with E-state index in [1.165, 1.54) is 15.0 Å². The standard InChI is InChI=1S/C4H12N.C2H5BO2/c1-5(2,3)4;1-2(4)5-3/h1-4H3;3H2,1H3/q+1;. The topological polar surface area (TPSA) is 26.3 Å². The highest BCUT2D eigenvalue weighted by Gasteiger charge is 1.88. The second-order valence-electron chi connectivity index (χ2n) is 3.38. The van der Waals surface area contributed by atoms with Gasteiger partial charge in [0.25, 0.3) is 5.97 Å². The number of carbonyl (C=O) groups is 1. The minimum absolute atomic E-state index is 0.245. The summed E-state index contributed by atoms with van der Waals surface area (Å²) in [5.41, 5.74) is 0. The van der Waals surface area contributed by atoms with Crippen molar-refractivity contribution in [1.82, 2.24) is 0 Å². The Balaban J connectivity index is 0. The first-order chi connectivity index (χ1) is 4.27. The maximum Gasteiger partial charge on any atom is 0.325 e. The molecule has 0 unspecified atom stereocenters. The lowest BCUT2D eigenvalue weighted by Gasteiger charge is -2.14. The normalized spacial score (nSPS) is 9.30. The van der Waals surface area contributed by atoms with Gasteiger partial charge in [-0.3, -0.25) is 4.79 Å². The predicted octanol–water partition coefficient (Wildman–Crippen LogP) is -0.580. The highest BCUT2D eigenvalue weighted by Crippen LogP contribution is 1.73. The van der Waals surface area contributed by atoms with Gasteiger partial charge in [0.15, 0.2) is 0 Å². The van der Waals surface area contributed by atoms with E-state index in [9.17, 15) is 4.79 Å². The summed E-state index contributed by atoms with van der Waals surface area (Å²) in [5.74, 6) is -0.245. The first-order valence-electron chi connectivity index (χ1n) is 3.11. The molecule has 0 heterocycles. The molecular formula is C6H17BNO2+. The van der Waals surface area contributed by atoms with Gasteiger partial charge in [0, 0.05) is 6.92 Å². The molecule has 0 spiro atoms. The minimum atomic E-state index is -0.245. The summed E-state index contributed by atoms with van der Waals surface area (Å²) < 4.78 is 5.11. The molecule has 0 saturated carbocycles. The van der Waals surface area contributed by atoms with Crippen LogP contribution in [0, 0.1) is 0 Å². The van der Waals surface area contributed by atoms with Crippen LogP contribution in [0.4, 0.5) is 0 Å². The van der Waals surface area contributed by atoms with Crippen molar-refractivity contribution in [2.75, 3.05) is 28.2 Å². The van der Waals surface area contributed by atoms with Crippen LogP contribution >= 0.6 is 0 Å². The van der Waals surface area contributed by atoms with Crippen LogP contribution in [0.1, 0.15) is 6.92 Å². The lowest BCUT2D eigenvalue weighted by molar-refractivity contribution is -0.849. The fraction of sp³-hybridized carbons (Fsp3) is 0.833. The second kappa shape index (κ2) is 5.29.